The summed E-state index contributed by atoms with van der Waals surface area (Å²) in [5.74, 6) is -0.0824. The van der Waals surface area contributed by atoms with Crippen molar-refractivity contribution in [3.05, 3.63) is 0 Å². The summed E-state index contributed by atoms with van der Waals surface area (Å²) in [4.78, 5) is 23.6. The third-order valence-corrected chi connectivity index (χ3v) is 3.43. The van der Waals surface area contributed by atoms with Gasteiger partial charge in [-0.25, -0.2) is 0 Å². The standard InChI is InChI=1S/C14H29N3O2/c1-8-14(5,6)17-11(18)10(2)16-9-13(3,4)12(19)15-7/h10,16H,8-9H2,1-7H3,(H,15,19)(H,17,18). The lowest BCUT2D eigenvalue weighted by molar-refractivity contribution is -0.129. The van der Waals surface area contributed by atoms with Gasteiger partial charge in [-0.1, -0.05) is 6.92 Å². The van der Waals surface area contributed by atoms with E-state index in [9.17, 15) is 9.59 Å². The second kappa shape index (κ2) is 6.89. The zero-order chi connectivity index (χ0) is 15.3. The van der Waals surface area contributed by atoms with E-state index < -0.39 is 5.41 Å². The minimum Gasteiger partial charge on any atom is -0.359 e. The summed E-state index contributed by atoms with van der Waals surface area (Å²) < 4.78 is 0. The Bertz CT molecular complexity index is 325. The van der Waals surface area contributed by atoms with Gasteiger partial charge in [0.15, 0.2) is 0 Å². The van der Waals surface area contributed by atoms with Gasteiger partial charge in [0.05, 0.1) is 11.5 Å². The largest absolute Gasteiger partial charge is 0.359 e. The van der Waals surface area contributed by atoms with E-state index in [1.807, 2.05) is 34.6 Å². The molecule has 0 spiro atoms. The predicted octanol–water partition coefficient (Wildman–Crippen LogP) is 1.04. The topological polar surface area (TPSA) is 70.2 Å². The maximum absolute atomic E-state index is 12.0. The molecule has 19 heavy (non-hydrogen) atoms. The number of carbonyl (C=O) groups is 2. The van der Waals surface area contributed by atoms with Crippen molar-refractivity contribution in [2.75, 3.05) is 13.6 Å². The highest BCUT2D eigenvalue weighted by Gasteiger charge is 2.28. The zero-order valence-corrected chi connectivity index (χ0v) is 13.3. The average Bonchev–Trinajstić information content (AvgIpc) is 2.34. The molecule has 0 radical (unpaired) electrons. The van der Waals surface area contributed by atoms with Crippen LogP contribution in [0, 0.1) is 5.41 Å². The van der Waals surface area contributed by atoms with E-state index in [1.54, 1.807) is 14.0 Å². The Labute approximate surface area is 116 Å². The fourth-order valence-corrected chi connectivity index (χ4v) is 1.45. The first-order valence-corrected chi connectivity index (χ1v) is 6.83. The van der Waals surface area contributed by atoms with Crippen LogP contribution in [0.3, 0.4) is 0 Å². The van der Waals surface area contributed by atoms with Crippen LogP contribution in [0.5, 0.6) is 0 Å². The highest BCUT2D eigenvalue weighted by molar-refractivity contribution is 5.83. The van der Waals surface area contributed by atoms with Crippen molar-refractivity contribution in [2.24, 2.45) is 5.41 Å². The number of hydrogen-bond acceptors (Lipinski definition) is 3. The molecule has 0 aromatic rings. The van der Waals surface area contributed by atoms with Crippen LogP contribution in [-0.2, 0) is 9.59 Å². The number of carbonyl (C=O) groups excluding carboxylic acids is 2. The van der Waals surface area contributed by atoms with E-state index in [0.29, 0.717) is 6.54 Å². The van der Waals surface area contributed by atoms with E-state index in [0.717, 1.165) is 6.42 Å². The Balaban J connectivity index is 4.36. The summed E-state index contributed by atoms with van der Waals surface area (Å²) in [6.07, 6.45) is 0.870. The fourth-order valence-electron chi connectivity index (χ4n) is 1.45. The Morgan fingerprint density at radius 2 is 1.68 bits per heavy atom. The van der Waals surface area contributed by atoms with Gasteiger partial charge in [-0.15, -0.1) is 0 Å². The first-order chi connectivity index (χ1) is 8.55. The van der Waals surface area contributed by atoms with Gasteiger partial charge in [0.2, 0.25) is 11.8 Å². The lowest BCUT2D eigenvalue weighted by atomic mass is 9.92. The summed E-state index contributed by atoms with van der Waals surface area (Å²) in [6, 6.07) is -0.324. The van der Waals surface area contributed by atoms with E-state index in [2.05, 4.69) is 16.0 Å². The molecule has 112 valence electrons. The van der Waals surface area contributed by atoms with E-state index in [-0.39, 0.29) is 23.4 Å². The molecule has 1 atom stereocenters. The molecule has 0 rings (SSSR count). The van der Waals surface area contributed by atoms with E-state index in [1.165, 1.54) is 0 Å². The molecule has 2 amide bonds. The van der Waals surface area contributed by atoms with Crippen LogP contribution in [0.4, 0.5) is 0 Å². The maximum atomic E-state index is 12.0. The van der Waals surface area contributed by atoms with Crippen LogP contribution in [0.15, 0.2) is 0 Å². The molecule has 0 aromatic carbocycles. The molecule has 0 bridgehead atoms. The van der Waals surface area contributed by atoms with Gasteiger partial charge in [-0.2, -0.15) is 0 Å². The smallest absolute Gasteiger partial charge is 0.237 e. The summed E-state index contributed by atoms with van der Waals surface area (Å²) in [5.41, 5.74) is -0.743. The van der Waals surface area contributed by atoms with Gasteiger partial charge < -0.3 is 16.0 Å². The number of hydrogen-bond donors (Lipinski definition) is 3. The van der Waals surface area contributed by atoms with Crippen molar-refractivity contribution in [3.63, 3.8) is 0 Å². The van der Waals surface area contributed by atoms with Crippen LogP contribution in [0.2, 0.25) is 0 Å². The summed E-state index contributed by atoms with van der Waals surface area (Å²) in [6.45, 7) is 12.0. The second-order valence-electron chi connectivity index (χ2n) is 6.29. The molecular formula is C14H29N3O2. The molecule has 0 heterocycles. The van der Waals surface area contributed by atoms with Crippen LogP contribution < -0.4 is 16.0 Å². The van der Waals surface area contributed by atoms with Crippen LogP contribution in [-0.4, -0.2) is 37.0 Å². The lowest BCUT2D eigenvalue weighted by Gasteiger charge is -2.29. The number of amides is 2. The SMILES string of the molecule is CCC(C)(C)NC(=O)C(C)NCC(C)(C)C(=O)NC. The van der Waals surface area contributed by atoms with E-state index >= 15 is 0 Å². The minimum absolute atomic E-state index is 0.0403. The predicted molar refractivity (Wildman–Crippen MR) is 77.8 cm³/mol. The van der Waals surface area contributed by atoms with Gasteiger partial charge in [-0.05, 0) is 41.0 Å². The molecule has 0 fully saturated rings. The van der Waals surface area contributed by atoms with Crippen molar-refractivity contribution in [2.45, 2.75) is 59.5 Å². The second-order valence-corrected chi connectivity index (χ2v) is 6.29. The number of rotatable bonds is 7. The first-order valence-electron chi connectivity index (χ1n) is 6.83. The Hall–Kier alpha value is -1.10. The first kappa shape index (κ1) is 17.9. The highest BCUT2D eigenvalue weighted by atomic mass is 16.2. The Morgan fingerprint density at radius 3 is 2.11 bits per heavy atom. The van der Waals surface area contributed by atoms with Crippen molar-refractivity contribution in [1.29, 1.82) is 0 Å². The molecule has 3 N–H and O–H groups in total. The van der Waals surface area contributed by atoms with Crippen LogP contribution in [0.1, 0.15) is 48.0 Å². The van der Waals surface area contributed by atoms with Gasteiger partial charge in [0, 0.05) is 19.1 Å². The lowest BCUT2D eigenvalue weighted by Crippen LogP contribution is -2.53. The third-order valence-electron chi connectivity index (χ3n) is 3.43. The molecule has 0 aliphatic carbocycles. The maximum Gasteiger partial charge on any atom is 0.237 e. The molecule has 0 aliphatic rings. The quantitative estimate of drug-likeness (QED) is 0.648. The molecule has 0 aromatic heterocycles. The van der Waals surface area contributed by atoms with Crippen molar-refractivity contribution < 1.29 is 9.59 Å². The molecule has 5 nitrogen and oxygen atoms in total. The van der Waals surface area contributed by atoms with Crippen LogP contribution in [0.25, 0.3) is 0 Å². The minimum atomic E-state index is -0.538. The van der Waals surface area contributed by atoms with Crippen LogP contribution >= 0.6 is 0 Å². The Kier molecular flexibility index (Phi) is 6.49. The summed E-state index contributed by atoms with van der Waals surface area (Å²) >= 11 is 0. The molecular weight excluding hydrogens is 242 g/mol. The van der Waals surface area contributed by atoms with Crippen molar-refractivity contribution >= 4 is 11.8 Å². The third kappa shape index (κ3) is 6.05. The molecule has 0 saturated carbocycles. The molecule has 0 aliphatic heterocycles. The van der Waals surface area contributed by atoms with Gasteiger partial charge in [0.25, 0.3) is 0 Å². The summed E-state index contributed by atoms with van der Waals surface area (Å²) in [7, 11) is 1.62. The molecule has 5 heteroatoms. The molecule has 0 saturated heterocycles. The normalized spacial score (nSPS) is 13.8. The highest BCUT2D eigenvalue weighted by Crippen LogP contribution is 2.13. The zero-order valence-electron chi connectivity index (χ0n) is 13.3. The fraction of sp³-hybridized carbons (Fsp3) is 0.857. The monoisotopic (exact) mass is 271 g/mol. The van der Waals surface area contributed by atoms with E-state index in [4.69, 9.17) is 0 Å². The Morgan fingerprint density at radius 1 is 1.16 bits per heavy atom. The molecule has 1 unspecified atom stereocenters. The van der Waals surface area contributed by atoms with Crippen molar-refractivity contribution in [1.82, 2.24) is 16.0 Å². The van der Waals surface area contributed by atoms with Crippen molar-refractivity contribution in [3.8, 4) is 0 Å². The average molecular weight is 271 g/mol. The van der Waals surface area contributed by atoms with Gasteiger partial charge >= 0.3 is 0 Å². The van der Waals surface area contributed by atoms with Gasteiger partial charge in [-0.3, -0.25) is 9.59 Å². The van der Waals surface area contributed by atoms with Gasteiger partial charge in [0.1, 0.15) is 0 Å². The summed E-state index contributed by atoms with van der Waals surface area (Å²) in [5, 5.41) is 8.72. The number of nitrogens with one attached hydrogen (secondary N) is 3.